The van der Waals surface area contributed by atoms with E-state index >= 15 is 0 Å². The lowest BCUT2D eigenvalue weighted by molar-refractivity contribution is -0.142. The first kappa shape index (κ1) is 16.3. The van der Waals surface area contributed by atoms with Crippen LogP contribution in [0.15, 0.2) is 34.9 Å². The van der Waals surface area contributed by atoms with Gasteiger partial charge in [0.2, 0.25) is 5.89 Å². The highest BCUT2D eigenvalue weighted by Gasteiger charge is 2.45. The standard InChI is InChI=1S/C19H21FN2O3/c20-14-6-3-5-13(8-14)18-21-15(11-25-18)10-22-16-7-2-1-4-12(16)9-17(22)19(23)24/h3,5-6,8,11-12,16-17H,1-2,4,7,9-10H2,(H,23,24)/t12-,16+,17-/m0/s1. The van der Waals surface area contributed by atoms with Crippen LogP contribution in [-0.2, 0) is 11.3 Å². The fourth-order valence-electron chi connectivity index (χ4n) is 4.34. The minimum Gasteiger partial charge on any atom is -0.480 e. The second-order valence-electron chi connectivity index (χ2n) is 7.03. The van der Waals surface area contributed by atoms with Crippen LogP contribution in [0, 0.1) is 11.7 Å². The molecule has 0 spiro atoms. The number of carboxylic acid groups (broad SMARTS) is 1. The molecule has 1 aromatic carbocycles. The maximum Gasteiger partial charge on any atom is 0.320 e. The minimum absolute atomic E-state index is 0.309. The van der Waals surface area contributed by atoms with E-state index in [0.717, 1.165) is 19.3 Å². The van der Waals surface area contributed by atoms with Crippen molar-refractivity contribution in [1.29, 1.82) is 0 Å². The van der Waals surface area contributed by atoms with Crippen molar-refractivity contribution >= 4 is 5.97 Å². The van der Waals surface area contributed by atoms with Gasteiger partial charge >= 0.3 is 5.97 Å². The summed E-state index contributed by atoms with van der Waals surface area (Å²) in [5.41, 5.74) is 1.27. The van der Waals surface area contributed by atoms with Gasteiger partial charge in [-0.2, -0.15) is 0 Å². The lowest BCUT2D eigenvalue weighted by Crippen LogP contribution is -2.41. The van der Waals surface area contributed by atoms with Crippen molar-refractivity contribution in [2.75, 3.05) is 0 Å². The van der Waals surface area contributed by atoms with Gasteiger partial charge in [0, 0.05) is 18.2 Å². The number of aromatic nitrogens is 1. The Hall–Kier alpha value is -2.21. The molecular weight excluding hydrogens is 323 g/mol. The van der Waals surface area contributed by atoms with Crippen LogP contribution in [-0.4, -0.2) is 33.0 Å². The first-order valence-electron chi connectivity index (χ1n) is 8.80. The summed E-state index contributed by atoms with van der Waals surface area (Å²) in [6.45, 7) is 0.455. The predicted octanol–water partition coefficient (Wildman–Crippen LogP) is 3.70. The Balaban J connectivity index is 1.55. The molecule has 132 valence electrons. The average molecular weight is 344 g/mol. The van der Waals surface area contributed by atoms with Crippen LogP contribution < -0.4 is 0 Å². The zero-order valence-electron chi connectivity index (χ0n) is 13.9. The first-order chi connectivity index (χ1) is 12.1. The van der Waals surface area contributed by atoms with Crippen molar-refractivity contribution in [2.24, 2.45) is 5.92 Å². The summed E-state index contributed by atoms with van der Waals surface area (Å²) < 4.78 is 18.9. The smallest absolute Gasteiger partial charge is 0.320 e. The number of hydrogen-bond acceptors (Lipinski definition) is 4. The van der Waals surface area contributed by atoms with E-state index in [-0.39, 0.29) is 5.82 Å². The Kier molecular flexibility index (Phi) is 4.29. The number of hydrogen-bond donors (Lipinski definition) is 1. The molecule has 2 aromatic rings. The molecule has 5 nitrogen and oxygen atoms in total. The van der Waals surface area contributed by atoms with E-state index in [4.69, 9.17) is 4.42 Å². The maximum atomic E-state index is 13.4. The number of rotatable bonds is 4. The molecule has 1 aromatic heterocycles. The summed E-state index contributed by atoms with van der Waals surface area (Å²) in [5.74, 6) is -0.277. The van der Waals surface area contributed by atoms with Crippen LogP contribution in [0.4, 0.5) is 4.39 Å². The Bertz CT molecular complexity index is 776. The van der Waals surface area contributed by atoms with E-state index < -0.39 is 12.0 Å². The molecule has 0 radical (unpaired) electrons. The van der Waals surface area contributed by atoms with E-state index in [1.165, 1.54) is 18.6 Å². The fourth-order valence-corrected chi connectivity index (χ4v) is 4.34. The van der Waals surface area contributed by atoms with Gasteiger partial charge in [-0.05, 0) is 43.4 Å². The fraction of sp³-hybridized carbons (Fsp3) is 0.474. The molecule has 2 heterocycles. The van der Waals surface area contributed by atoms with E-state index in [1.54, 1.807) is 18.4 Å². The second kappa shape index (κ2) is 6.59. The number of aliphatic carboxylic acids is 1. The Morgan fingerprint density at radius 3 is 3.00 bits per heavy atom. The van der Waals surface area contributed by atoms with Crippen molar-refractivity contribution < 1.29 is 18.7 Å². The lowest BCUT2D eigenvalue weighted by atomic mass is 9.85. The van der Waals surface area contributed by atoms with Gasteiger partial charge < -0.3 is 9.52 Å². The molecule has 6 heteroatoms. The number of fused-ring (bicyclic) bond motifs is 1. The maximum absolute atomic E-state index is 13.4. The number of likely N-dealkylation sites (tertiary alicyclic amines) is 1. The van der Waals surface area contributed by atoms with Gasteiger partial charge in [-0.1, -0.05) is 18.9 Å². The van der Waals surface area contributed by atoms with E-state index in [0.29, 0.717) is 42.1 Å². The molecule has 2 aliphatic rings. The van der Waals surface area contributed by atoms with Crippen molar-refractivity contribution in [1.82, 2.24) is 9.88 Å². The number of halogens is 1. The molecule has 1 saturated heterocycles. The highest BCUT2D eigenvalue weighted by molar-refractivity contribution is 5.74. The third-order valence-electron chi connectivity index (χ3n) is 5.47. The molecule has 0 unspecified atom stereocenters. The van der Waals surface area contributed by atoms with Gasteiger partial charge in [-0.3, -0.25) is 9.69 Å². The predicted molar refractivity (Wildman–Crippen MR) is 89.2 cm³/mol. The molecule has 0 amide bonds. The average Bonchev–Trinajstić information content (AvgIpc) is 3.21. The molecule has 4 rings (SSSR count). The second-order valence-corrected chi connectivity index (χ2v) is 7.03. The molecule has 1 aliphatic heterocycles. The Morgan fingerprint density at radius 2 is 2.20 bits per heavy atom. The summed E-state index contributed by atoms with van der Waals surface area (Å²) in [6.07, 6.45) is 6.76. The number of oxazole rings is 1. The van der Waals surface area contributed by atoms with Crippen LogP contribution in [0.2, 0.25) is 0 Å². The number of nitrogens with zero attached hydrogens (tertiary/aromatic N) is 2. The van der Waals surface area contributed by atoms with Gasteiger partial charge in [0.25, 0.3) is 0 Å². The third-order valence-corrected chi connectivity index (χ3v) is 5.47. The highest BCUT2D eigenvalue weighted by atomic mass is 19.1. The topological polar surface area (TPSA) is 66.6 Å². The van der Waals surface area contributed by atoms with Crippen LogP contribution in [0.5, 0.6) is 0 Å². The first-order valence-corrected chi connectivity index (χ1v) is 8.80. The minimum atomic E-state index is -0.761. The highest BCUT2D eigenvalue weighted by Crippen LogP contribution is 2.40. The molecule has 1 N–H and O–H groups in total. The summed E-state index contributed by atoms with van der Waals surface area (Å²) in [5, 5.41) is 9.60. The molecule has 25 heavy (non-hydrogen) atoms. The summed E-state index contributed by atoms with van der Waals surface area (Å²) in [4.78, 5) is 18.2. The molecule has 3 atom stereocenters. The monoisotopic (exact) mass is 344 g/mol. The van der Waals surface area contributed by atoms with Crippen LogP contribution in [0.1, 0.15) is 37.8 Å². The number of carbonyl (C=O) groups is 1. The zero-order chi connectivity index (χ0) is 17.4. The van der Waals surface area contributed by atoms with E-state index in [2.05, 4.69) is 9.88 Å². The van der Waals surface area contributed by atoms with Gasteiger partial charge in [-0.25, -0.2) is 9.37 Å². The third kappa shape index (κ3) is 3.18. The molecular formula is C19H21FN2O3. The SMILES string of the molecule is O=C(O)[C@@H]1C[C@@H]2CCCC[C@H]2N1Cc1coc(-c2cccc(F)c2)n1. The quantitative estimate of drug-likeness (QED) is 0.916. The van der Waals surface area contributed by atoms with Crippen molar-refractivity contribution in [2.45, 2.75) is 50.7 Å². The van der Waals surface area contributed by atoms with Crippen molar-refractivity contribution in [3.05, 3.63) is 42.0 Å². The normalized spacial score (nSPS) is 26.5. The summed E-state index contributed by atoms with van der Waals surface area (Å²) in [7, 11) is 0. The summed E-state index contributed by atoms with van der Waals surface area (Å²) in [6, 6.07) is 5.96. The molecule has 2 fully saturated rings. The van der Waals surface area contributed by atoms with E-state index in [9.17, 15) is 14.3 Å². The zero-order valence-corrected chi connectivity index (χ0v) is 13.9. The van der Waals surface area contributed by atoms with Crippen LogP contribution >= 0.6 is 0 Å². The van der Waals surface area contributed by atoms with Crippen LogP contribution in [0.25, 0.3) is 11.5 Å². The Morgan fingerprint density at radius 1 is 1.36 bits per heavy atom. The van der Waals surface area contributed by atoms with Gasteiger partial charge in [0.15, 0.2) is 0 Å². The largest absolute Gasteiger partial charge is 0.480 e. The van der Waals surface area contributed by atoms with E-state index in [1.807, 2.05) is 0 Å². The lowest BCUT2D eigenvalue weighted by Gasteiger charge is -2.32. The molecule has 1 aliphatic carbocycles. The molecule has 1 saturated carbocycles. The summed E-state index contributed by atoms with van der Waals surface area (Å²) >= 11 is 0. The number of benzene rings is 1. The number of carboxylic acids is 1. The van der Waals surface area contributed by atoms with Gasteiger partial charge in [0.05, 0.1) is 5.69 Å². The van der Waals surface area contributed by atoms with Gasteiger partial charge in [0.1, 0.15) is 18.1 Å². The van der Waals surface area contributed by atoms with Crippen molar-refractivity contribution in [3.63, 3.8) is 0 Å². The van der Waals surface area contributed by atoms with Crippen LogP contribution in [0.3, 0.4) is 0 Å². The molecule has 0 bridgehead atoms. The van der Waals surface area contributed by atoms with Gasteiger partial charge in [-0.15, -0.1) is 0 Å². The van der Waals surface area contributed by atoms with Crippen molar-refractivity contribution in [3.8, 4) is 11.5 Å². The Labute approximate surface area is 145 Å².